The van der Waals surface area contributed by atoms with Crippen LogP contribution in [0, 0.1) is 5.92 Å². The topological polar surface area (TPSA) is 24.4 Å². The zero-order valence-corrected chi connectivity index (χ0v) is 6.67. The third kappa shape index (κ3) is 1.20. The molecule has 0 spiro atoms. The Morgan fingerprint density at radius 3 is 3.00 bits per heavy atom. The summed E-state index contributed by atoms with van der Waals surface area (Å²) < 4.78 is 0. The summed E-state index contributed by atoms with van der Waals surface area (Å²) in [6.45, 7) is 5.97. The minimum atomic E-state index is 0.239. The summed E-state index contributed by atoms with van der Waals surface area (Å²) in [4.78, 5) is 4.17. The van der Waals surface area contributed by atoms with Crippen LogP contribution in [0.15, 0.2) is 28.9 Å². The van der Waals surface area contributed by atoms with Gasteiger partial charge in [-0.15, -0.1) is 0 Å². The van der Waals surface area contributed by atoms with E-state index in [-0.39, 0.29) is 6.17 Å². The molecule has 58 valence electrons. The summed E-state index contributed by atoms with van der Waals surface area (Å²) in [6, 6.07) is 0. The van der Waals surface area contributed by atoms with Gasteiger partial charge in [-0.3, -0.25) is 4.99 Å². The van der Waals surface area contributed by atoms with E-state index in [0.717, 1.165) is 6.42 Å². The molecule has 0 radical (unpaired) electrons. The first kappa shape index (κ1) is 6.65. The first-order valence-corrected chi connectivity index (χ1v) is 3.95. The fourth-order valence-corrected chi connectivity index (χ4v) is 1.33. The highest BCUT2D eigenvalue weighted by molar-refractivity contribution is 5.74. The predicted octanol–water partition coefficient (Wildman–Crippen LogP) is 1.47. The lowest BCUT2D eigenvalue weighted by Gasteiger charge is -2.16. The zero-order valence-electron chi connectivity index (χ0n) is 6.67. The highest BCUT2D eigenvalue weighted by Crippen LogP contribution is 2.41. The number of nitrogens with one attached hydrogen (secondary N) is 1. The highest BCUT2D eigenvalue weighted by Gasteiger charge is 2.31. The van der Waals surface area contributed by atoms with E-state index in [0.29, 0.717) is 5.92 Å². The number of allylic oxidation sites excluding steroid dienone is 2. The van der Waals surface area contributed by atoms with E-state index in [1.165, 1.54) is 11.3 Å². The van der Waals surface area contributed by atoms with Gasteiger partial charge in [-0.1, -0.05) is 12.2 Å². The zero-order chi connectivity index (χ0) is 7.84. The molecule has 0 aromatic carbocycles. The van der Waals surface area contributed by atoms with Gasteiger partial charge in [0, 0.05) is 17.8 Å². The monoisotopic (exact) mass is 148 g/mol. The lowest BCUT2D eigenvalue weighted by Crippen LogP contribution is -2.27. The fourth-order valence-electron chi connectivity index (χ4n) is 1.33. The maximum Gasteiger partial charge on any atom is 0.115 e. The molecule has 1 saturated carbocycles. The van der Waals surface area contributed by atoms with Crippen molar-refractivity contribution in [1.29, 1.82) is 0 Å². The smallest absolute Gasteiger partial charge is 0.115 e. The van der Waals surface area contributed by atoms with Gasteiger partial charge >= 0.3 is 0 Å². The van der Waals surface area contributed by atoms with Crippen LogP contribution in [0.5, 0.6) is 0 Å². The normalized spacial score (nSPS) is 34.6. The molecule has 2 heteroatoms. The Labute approximate surface area is 66.7 Å². The van der Waals surface area contributed by atoms with E-state index in [9.17, 15) is 0 Å². The van der Waals surface area contributed by atoms with Crippen molar-refractivity contribution in [3.05, 3.63) is 23.9 Å². The Hall–Kier alpha value is -1.05. The lowest BCUT2D eigenvalue weighted by molar-refractivity contribution is 0.613. The van der Waals surface area contributed by atoms with Gasteiger partial charge in [0.1, 0.15) is 6.17 Å². The molecular formula is C9H12N2. The number of nitrogens with zero attached hydrogens (tertiary/aromatic N) is 1. The van der Waals surface area contributed by atoms with Gasteiger partial charge in [0.15, 0.2) is 0 Å². The van der Waals surface area contributed by atoms with Crippen LogP contribution in [0.1, 0.15) is 13.3 Å². The van der Waals surface area contributed by atoms with E-state index in [2.05, 4.69) is 23.8 Å². The van der Waals surface area contributed by atoms with Crippen molar-refractivity contribution in [1.82, 2.24) is 5.32 Å². The molecule has 2 nitrogen and oxygen atoms in total. The SMILES string of the molecule is C=C1CC1C1=CC=NC(C)N1. The van der Waals surface area contributed by atoms with Gasteiger partial charge in [0.05, 0.1) is 0 Å². The Kier molecular flexibility index (Phi) is 1.34. The molecule has 2 aliphatic rings. The second-order valence-corrected chi connectivity index (χ2v) is 3.16. The van der Waals surface area contributed by atoms with E-state index in [1.54, 1.807) is 0 Å². The van der Waals surface area contributed by atoms with Crippen LogP contribution in [0.2, 0.25) is 0 Å². The Bertz CT molecular complexity index is 250. The molecule has 2 unspecified atom stereocenters. The second-order valence-electron chi connectivity index (χ2n) is 3.16. The Morgan fingerprint density at radius 1 is 1.73 bits per heavy atom. The van der Waals surface area contributed by atoms with Crippen LogP contribution in [0.25, 0.3) is 0 Å². The van der Waals surface area contributed by atoms with Crippen molar-refractivity contribution in [3.63, 3.8) is 0 Å². The van der Waals surface area contributed by atoms with Crippen LogP contribution in [0.3, 0.4) is 0 Å². The van der Waals surface area contributed by atoms with Crippen molar-refractivity contribution in [2.45, 2.75) is 19.5 Å². The number of aliphatic imine (C=N–C) groups is 1. The summed E-state index contributed by atoms with van der Waals surface area (Å²) in [6.07, 6.45) is 5.31. The quantitative estimate of drug-likeness (QED) is 0.559. The van der Waals surface area contributed by atoms with Gasteiger partial charge in [-0.2, -0.15) is 0 Å². The average Bonchev–Trinajstić information content (AvgIpc) is 2.67. The average molecular weight is 148 g/mol. The molecule has 1 fully saturated rings. The molecule has 2 atom stereocenters. The Morgan fingerprint density at radius 2 is 2.45 bits per heavy atom. The third-order valence-corrected chi connectivity index (χ3v) is 2.11. The molecule has 0 aromatic rings. The van der Waals surface area contributed by atoms with Crippen molar-refractivity contribution in [3.8, 4) is 0 Å². The molecule has 1 N–H and O–H groups in total. The minimum absolute atomic E-state index is 0.239. The van der Waals surface area contributed by atoms with E-state index in [4.69, 9.17) is 0 Å². The van der Waals surface area contributed by atoms with Crippen molar-refractivity contribution in [2.24, 2.45) is 10.9 Å². The number of hydrogen-bond acceptors (Lipinski definition) is 2. The van der Waals surface area contributed by atoms with E-state index in [1.807, 2.05) is 12.3 Å². The summed E-state index contributed by atoms with van der Waals surface area (Å²) in [5.41, 5.74) is 2.63. The summed E-state index contributed by atoms with van der Waals surface area (Å²) in [5, 5.41) is 3.31. The highest BCUT2D eigenvalue weighted by atomic mass is 15.1. The van der Waals surface area contributed by atoms with Gasteiger partial charge in [-0.05, 0) is 19.4 Å². The van der Waals surface area contributed by atoms with E-state index >= 15 is 0 Å². The number of hydrogen-bond donors (Lipinski definition) is 1. The summed E-state index contributed by atoms with van der Waals surface area (Å²) >= 11 is 0. The van der Waals surface area contributed by atoms with Gasteiger partial charge in [0.2, 0.25) is 0 Å². The van der Waals surface area contributed by atoms with Gasteiger partial charge < -0.3 is 5.32 Å². The number of rotatable bonds is 1. The molecule has 2 rings (SSSR count). The first-order valence-electron chi connectivity index (χ1n) is 3.95. The van der Waals surface area contributed by atoms with Crippen LogP contribution < -0.4 is 5.32 Å². The second kappa shape index (κ2) is 2.22. The lowest BCUT2D eigenvalue weighted by atomic mass is 10.2. The van der Waals surface area contributed by atoms with Crippen molar-refractivity contribution in [2.75, 3.05) is 0 Å². The van der Waals surface area contributed by atoms with Crippen LogP contribution >= 0.6 is 0 Å². The largest absolute Gasteiger partial charge is 0.367 e. The predicted molar refractivity (Wildman–Crippen MR) is 46.4 cm³/mol. The molecule has 1 aliphatic heterocycles. The molecule has 0 saturated heterocycles. The molecule has 0 aromatic heterocycles. The van der Waals surface area contributed by atoms with Gasteiger partial charge in [0.25, 0.3) is 0 Å². The molecule has 1 heterocycles. The fraction of sp³-hybridized carbons (Fsp3) is 0.444. The van der Waals surface area contributed by atoms with Crippen LogP contribution in [-0.2, 0) is 0 Å². The molecule has 1 aliphatic carbocycles. The van der Waals surface area contributed by atoms with E-state index < -0.39 is 0 Å². The third-order valence-electron chi connectivity index (χ3n) is 2.11. The van der Waals surface area contributed by atoms with Crippen LogP contribution in [0.4, 0.5) is 0 Å². The standard InChI is InChI=1S/C9H12N2/c1-6-5-8(6)9-3-4-10-7(2)11-9/h3-4,7-8,11H,1,5H2,2H3. The summed E-state index contributed by atoms with van der Waals surface area (Å²) in [7, 11) is 0. The maximum absolute atomic E-state index is 4.17. The molecule has 0 bridgehead atoms. The minimum Gasteiger partial charge on any atom is -0.367 e. The van der Waals surface area contributed by atoms with Crippen LogP contribution in [-0.4, -0.2) is 12.4 Å². The maximum atomic E-state index is 4.17. The molecular weight excluding hydrogens is 136 g/mol. The molecule has 0 amide bonds. The molecule has 11 heavy (non-hydrogen) atoms. The Balaban J connectivity index is 2.09. The van der Waals surface area contributed by atoms with Gasteiger partial charge in [-0.25, -0.2) is 0 Å². The summed E-state index contributed by atoms with van der Waals surface area (Å²) in [5.74, 6) is 0.601. The van der Waals surface area contributed by atoms with Crippen molar-refractivity contribution < 1.29 is 0 Å². The van der Waals surface area contributed by atoms with Crippen molar-refractivity contribution >= 4 is 6.21 Å². The first-order chi connectivity index (χ1) is 5.27.